The molecule has 0 aliphatic heterocycles. The monoisotopic (exact) mass is 214 g/mol. The van der Waals surface area contributed by atoms with Crippen molar-refractivity contribution in [1.29, 1.82) is 0 Å². The summed E-state index contributed by atoms with van der Waals surface area (Å²) < 4.78 is 46.2. The summed E-state index contributed by atoms with van der Waals surface area (Å²) in [4.78, 5) is 0. The van der Waals surface area contributed by atoms with Crippen LogP contribution in [-0.4, -0.2) is 39.0 Å². The van der Waals surface area contributed by atoms with Crippen LogP contribution >= 0.6 is 0 Å². The standard InChI is InChI=1S/C9H17F3O2/c1-3-14-5-4-7(13-2)6-8(10)9(11)12/h7-9H,3-6H2,1-2H3. The lowest BCUT2D eigenvalue weighted by atomic mass is 10.1. The number of ether oxygens (including phenoxy) is 2. The van der Waals surface area contributed by atoms with Gasteiger partial charge < -0.3 is 9.47 Å². The Bertz CT molecular complexity index is 133. The molecule has 0 aromatic rings. The van der Waals surface area contributed by atoms with Crippen LogP contribution in [0.1, 0.15) is 19.8 Å². The largest absolute Gasteiger partial charge is 0.382 e. The summed E-state index contributed by atoms with van der Waals surface area (Å²) in [5.41, 5.74) is 0. The smallest absolute Gasteiger partial charge is 0.269 e. The zero-order valence-electron chi connectivity index (χ0n) is 8.51. The first-order valence-corrected chi connectivity index (χ1v) is 4.64. The van der Waals surface area contributed by atoms with Crippen molar-refractivity contribution in [2.45, 2.75) is 38.5 Å². The van der Waals surface area contributed by atoms with Crippen LogP contribution in [0.4, 0.5) is 13.2 Å². The first kappa shape index (κ1) is 13.7. The number of hydrogen-bond donors (Lipinski definition) is 0. The van der Waals surface area contributed by atoms with Gasteiger partial charge in [-0.15, -0.1) is 0 Å². The van der Waals surface area contributed by atoms with Gasteiger partial charge in [0.25, 0.3) is 6.43 Å². The van der Waals surface area contributed by atoms with Crippen molar-refractivity contribution in [3.8, 4) is 0 Å². The Balaban J connectivity index is 3.67. The molecule has 0 aliphatic carbocycles. The van der Waals surface area contributed by atoms with Crippen molar-refractivity contribution in [3.63, 3.8) is 0 Å². The number of methoxy groups -OCH3 is 1. The Morgan fingerprint density at radius 2 is 1.86 bits per heavy atom. The first-order valence-electron chi connectivity index (χ1n) is 4.64. The van der Waals surface area contributed by atoms with Crippen LogP contribution in [0.2, 0.25) is 0 Å². The maximum atomic E-state index is 12.6. The Morgan fingerprint density at radius 3 is 2.29 bits per heavy atom. The van der Waals surface area contributed by atoms with Gasteiger partial charge in [-0.2, -0.15) is 0 Å². The summed E-state index contributed by atoms with van der Waals surface area (Å²) in [5, 5.41) is 0. The molecule has 0 fully saturated rings. The normalized spacial score (nSPS) is 15.9. The molecule has 0 aliphatic rings. The molecule has 14 heavy (non-hydrogen) atoms. The van der Waals surface area contributed by atoms with Crippen molar-refractivity contribution < 1.29 is 22.6 Å². The molecule has 0 aromatic heterocycles. The summed E-state index contributed by atoms with van der Waals surface area (Å²) in [6, 6.07) is 0. The van der Waals surface area contributed by atoms with Crippen molar-refractivity contribution in [2.24, 2.45) is 0 Å². The zero-order valence-corrected chi connectivity index (χ0v) is 8.51. The third-order valence-electron chi connectivity index (χ3n) is 1.88. The fraction of sp³-hybridized carbons (Fsp3) is 1.00. The highest BCUT2D eigenvalue weighted by Crippen LogP contribution is 2.15. The van der Waals surface area contributed by atoms with Crippen LogP contribution in [0.15, 0.2) is 0 Å². The molecule has 2 atom stereocenters. The summed E-state index contributed by atoms with van der Waals surface area (Å²) in [6.07, 6.45) is -5.37. The second-order valence-electron chi connectivity index (χ2n) is 2.93. The molecule has 0 amide bonds. The van der Waals surface area contributed by atoms with E-state index in [0.717, 1.165) is 0 Å². The van der Waals surface area contributed by atoms with E-state index in [1.165, 1.54) is 7.11 Å². The quantitative estimate of drug-likeness (QED) is 0.578. The molecular weight excluding hydrogens is 197 g/mol. The van der Waals surface area contributed by atoms with E-state index in [0.29, 0.717) is 19.6 Å². The molecule has 0 N–H and O–H groups in total. The van der Waals surface area contributed by atoms with E-state index in [-0.39, 0.29) is 6.42 Å². The average Bonchev–Trinajstić information content (AvgIpc) is 2.16. The van der Waals surface area contributed by atoms with E-state index < -0.39 is 18.7 Å². The molecule has 0 saturated heterocycles. The topological polar surface area (TPSA) is 18.5 Å². The van der Waals surface area contributed by atoms with E-state index in [2.05, 4.69) is 0 Å². The van der Waals surface area contributed by atoms with Crippen LogP contribution in [0.25, 0.3) is 0 Å². The molecule has 0 bridgehead atoms. The fourth-order valence-electron chi connectivity index (χ4n) is 1.05. The van der Waals surface area contributed by atoms with Gasteiger partial charge in [-0.1, -0.05) is 0 Å². The molecule has 0 rings (SSSR count). The molecule has 0 spiro atoms. The Hall–Kier alpha value is -0.290. The summed E-state index contributed by atoms with van der Waals surface area (Å²) in [6.45, 7) is 2.80. The SMILES string of the molecule is CCOCCC(CC(F)C(F)F)OC. The van der Waals surface area contributed by atoms with Crippen LogP contribution in [0, 0.1) is 0 Å². The van der Waals surface area contributed by atoms with Gasteiger partial charge in [-0.05, 0) is 13.3 Å². The highest BCUT2D eigenvalue weighted by molar-refractivity contribution is 4.67. The van der Waals surface area contributed by atoms with Gasteiger partial charge in [0.05, 0.1) is 6.10 Å². The molecule has 0 saturated carbocycles. The van der Waals surface area contributed by atoms with Crippen LogP contribution in [0.3, 0.4) is 0 Å². The van der Waals surface area contributed by atoms with Crippen molar-refractivity contribution in [3.05, 3.63) is 0 Å². The first-order chi connectivity index (χ1) is 6.61. The number of hydrogen-bond acceptors (Lipinski definition) is 2. The minimum absolute atomic E-state index is 0.277. The van der Waals surface area contributed by atoms with E-state index in [1.807, 2.05) is 6.92 Å². The Kier molecular flexibility index (Phi) is 7.89. The number of alkyl halides is 3. The minimum atomic E-state index is -2.93. The van der Waals surface area contributed by atoms with Gasteiger partial charge in [-0.25, -0.2) is 13.2 Å². The lowest BCUT2D eigenvalue weighted by molar-refractivity contribution is -0.00880. The Morgan fingerprint density at radius 1 is 1.21 bits per heavy atom. The van der Waals surface area contributed by atoms with Gasteiger partial charge in [0.1, 0.15) is 0 Å². The van der Waals surface area contributed by atoms with E-state index in [4.69, 9.17) is 9.47 Å². The van der Waals surface area contributed by atoms with E-state index in [1.54, 1.807) is 0 Å². The molecule has 5 heteroatoms. The van der Waals surface area contributed by atoms with Gasteiger partial charge in [0.2, 0.25) is 0 Å². The molecule has 2 nitrogen and oxygen atoms in total. The highest BCUT2D eigenvalue weighted by Gasteiger charge is 2.23. The maximum absolute atomic E-state index is 12.6. The molecule has 0 aromatic carbocycles. The van der Waals surface area contributed by atoms with Crippen LogP contribution in [0.5, 0.6) is 0 Å². The van der Waals surface area contributed by atoms with E-state index >= 15 is 0 Å². The molecule has 2 unspecified atom stereocenters. The number of rotatable bonds is 8. The minimum Gasteiger partial charge on any atom is -0.382 e. The zero-order chi connectivity index (χ0) is 11.0. The van der Waals surface area contributed by atoms with Gasteiger partial charge >= 0.3 is 0 Å². The summed E-state index contributed by atoms with van der Waals surface area (Å²) in [7, 11) is 1.38. The third kappa shape index (κ3) is 6.21. The van der Waals surface area contributed by atoms with E-state index in [9.17, 15) is 13.2 Å². The van der Waals surface area contributed by atoms with Gasteiger partial charge in [0, 0.05) is 26.7 Å². The molecule has 0 radical (unpaired) electrons. The second-order valence-corrected chi connectivity index (χ2v) is 2.93. The van der Waals surface area contributed by atoms with Gasteiger partial charge in [0.15, 0.2) is 6.17 Å². The Labute approximate surface area is 82.4 Å². The lowest BCUT2D eigenvalue weighted by Gasteiger charge is -2.17. The average molecular weight is 214 g/mol. The van der Waals surface area contributed by atoms with Crippen molar-refractivity contribution in [2.75, 3.05) is 20.3 Å². The molecular formula is C9H17F3O2. The lowest BCUT2D eigenvalue weighted by Crippen LogP contribution is -2.23. The van der Waals surface area contributed by atoms with Gasteiger partial charge in [-0.3, -0.25) is 0 Å². The highest BCUT2D eigenvalue weighted by atomic mass is 19.3. The fourth-order valence-corrected chi connectivity index (χ4v) is 1.05. The predicted molar refractivity (Wildman–Crippen MR) is 47.4 cm³/mol. The summed E-state index contributed by atoms with van der Waals surface area (Å²) >= 11 is 0. The van der Waals surface area contributed by atoms with Crippen LogP contribution in [-0.2, 0) is 9.47 Å². The molecule has 86 valence electrons. The second kappa shape index (κ2) is 8.05. The van der Waals surface area contributed by atoms with Crippen molar-refractivity contribution in [1.82, 2.24) is 0 Å². The van der Waals surface area contributed by atoms with Crippen LogP contribution < -0.4 is 0 Å². The molecule has 0 heterocycles. The predicted octanol–water partition coefficient (Wildman–Crippen LogP) is 2.42. The third-order valence-corrected chi connectivity index (χ3v) is 1.88. The summed E-state index contributed by atoms with van der Waals surface area (Å²) in [5.74, 6) is 0. The van der Waals surface area contributed by atoms with Crippen molar-refractivity contribution >= 4 is 0 Å². The number of halogens is 3. The maximum Gasteiger partial charge on any atom is 0.269 e.